The number of carbonyl (C=O) groups is 2. The van der Waals surface area contributed by atoms with Crippen molar-refractivity contribution in [3.8, 4) is 0 Å². The number of carboxylic acids is 1. The topological polar surface area (TPSA) is 92.4 Å². The van der Waals surface area contributed by atoms with Gasteiger partial charge in [-0.1, -0.05) is 12.1 Å². The zero-order valence-electron chi connectivity index (χ0n) is 8.93. The Morgan fingerprint density at radius 2 is 2.19 bits per heavy atom. The van der Waals surface area contributed by atoms with Crippen LogP contribution >= 0.6 is 0 Å². The lowest BCUT2D eigenvalue weighted by molar-refractivity contribution is -0.136. The summed E-state index contributed by atoms with van der Waals surface area (Å²) in [4.78, 5) is 21.8. The minimum Gasteiger partial charge on any atom is -0.481 e. The van der Waals surface area contributed by atoms with Crippen molar-refractivity contribution in [3.63, 3.8) is 0 Å². The summed E-state index contributed by atoms with van der Waals surface area (Å²) in [6, 6.07) is 6.09. The van der Waals surface area contributed by atoms with E-state index < -0.39 is 12.0 Å². The van der Waals surface area contributed by atoms with Gasteiger partial charge >= 0.3 is 5.97 Å². The van der Waals surface area contributed by atoms with Crippen LogP contribution in [0, 0.1) is 0 Å². The Balaban J connectivity index is 2.74. The zero-order chi connectivity index (χ0) is 12.1. The molecule has 1 unspecified atom stereocenters. The second-order valence-corrected chi connectivity index (χ2v) is 3.55. The molecule has 1 amide bonds. The molecule has 0 saturated carbocycles. The average molecular weight is 222 g/mol. The number of hydrogen-bond donors (Lipinski definition) is 3. The van der Waals surface area contributed by atoms with E-state index in [0.717, 1.165) is 0 Å². The Morgan fingerprint density at radius 3 is 2.75 bits per heavy atom. The fourth-order valence-electron chi connectivity index (χ4n) is 1.19. The molecule has 0 saturated heterocycles. The van der Waals surface area contributed by atoms with Crippen molar-refractivity contribution in [2.45, 2.75) is 19.4 Å². The van der Waals surface area contributed by atoms with Gasteiger partial charge in [-0.15, -0.1) is 0 Å². The van der Waals surface area contributed by atoms with E-state index in [9.17, 15) is 9.59 Å². The molecular weight excluding hydrogens is 208 g/mol. The highest BCUT2D eigenvalue weighted by Crippen LogP contribution is 2.11. The van der Waals surface area contributed by atoms with Gasteiger partial charge in [0.1, 0.15) is 0 Å². The number of amides is 1. The molecule has 0 aliphatic rings. The van der Waals surface area contributed by atoms with Crippen molar-refractivity contribution >= 4 is 17.6 Å². The van der Waals surface area contributed by atoms with E-state index in [0.29, 0.717) is 11.3 Å². The van der Waals surface area contributed by atoms with Crippen LogP contribution in [0.15, 0.2) is 24.3 Å². The van der Waals surface area contributed by atoms with E-state index in [1.807, 2.05) is 0 Å². The number of aliphatic carboxylic acids is 1. The van der Waals surface area contributed by atoms with E-state index in [1.54, 1.807) is 31.2 Å². The second kappa shape index (κ2) is 5.27. The van der Waals surface area contributed by atoms with Gasteiger partial charge in [0.05, 0.1) is 12.5 Å². The molecule has 0 bridgehead atoms. The molecule has 5 heteroatoms. The van der Waals surface area contributed by atoms with Gasteiger partial charge in [0.2, 0.25) is 5.91 Å². The lowest BCUT2D eigenvalue weighted by Crippen LogP contribution is -2.32. The largest absolute Gasteiger partial charge is 0.481 e. The number of rotatable bonds is 4. The first-order valence-electron chi connectivity index (χ1n) is 4.86. The van der Waals surface area contributed by atoms with Crippen LogP contribution in [0.5, 0.6) is 0 Å². The molecule has 0 aliphatic heterocycles. The lowest BCUT2D eigenvalue weighted by atomic mass is 10.1. The van der Waals surface area contributed by atoms with Gasteiger partial charge in [-0.3, -0.25) is 9.59 Å². The highest BCUT2D eigenvalue weighted by Gasteiger charge is 2.08. The number of carboxylic acid groups (broad SMARTS) is 1. The molecule has 4 N–H and O–H groups in total. The fourth-order valence-corrected chi connectivity index (χ4v) is 1.19. The third kappa shape index (κ3) is 3.70. The maximum atomic E-state index is 11.3. The molecular formula is C11H14N2O3. The standard InChI is InChI=1S/C11H14N2O3/c1-7(12)11(16)13-9-4-2-3-8(5-9)6-10(14)15/h2-5,7H,6,12H2,1H3,(H,13,16)(H,14,15). The number of hydrogen-bond acceptors (Lipinski definition) is 3. The number of benzene rings is 1. The van der Waals surface area contributed by atoms with Crippen LogP contribution in [0.25, 0.3) is 0 Å². The Hall–Kier alpha value is -1.88. The number of nitrogens with one attached hydrogen (secondary N) is 1. The van der Waals surface area contributed by atoms with E-state index in [1.165, 1.54) is 0 Å². The van der Waals surface area contributed by atoms with Gasteiger partial charge in [0.25, 0.3) is 0 Å². The van der Waals surface area contributed by atoms with Crippen LogP contribution in [0.2, 0.25) is 0 Å². The molecule has 5 nitrogen and oxygen atoms in total. The van der Waals surface area contributed by atoms with Gasteiger partial charge < -0.3 is 16.2 Å². The Labute approximate surface area is 93.3 Å². The van der Waals surface area contributed by atoms with Gasteiger partial charge in [0.15, 0.2) is 0 Å². The summed E-state index contributed by atoms with van der Waals surface area (Å²) in [6.07, 6.45) is -0.0676. The zero-order valence-corrected chi connectivity index (χ0v) is 8.93. The predicted octanol–water partition coefficient (Wildman–Crippen LogP) is 0.599. The lowest BCUT2D eigenvalue weighted by Gasteiger charge is -2.08. The molecule has 0 heterocycles. The average Bonchev–Trinajstić information content (AvgIpc) is 2.16. The van der Waals surface area contributed by atoms with Gasteiger partial charge in [-0.05, 0) is 24.6 Å². The van der Waals surface area contributed by atoms with E-state index in [-0.39, 0.29) is 12.3 Å². The molecule has 16 heavy (non-hydrogen) atoms. The van der Waals surface area contributed by atoms with Crippen LogP contribution in [-0.4, -0.2) is 23.0 Å². The summed E-state index contributed by atoms with van der Waals surface area (Å²) in [5.74, 6) is -1.21. The molecule has 86 valence electrons. The SMILES string of the molecule is CC(N)C(=O)Nc1cccc(CC(=O)O)c1. The van der Waals surface area contributed by atoms with Crippen LogP contribution in [0.1, 0.15) is 12.5 Å². The highest BCUT2D eigenvalue weighted by molar-refractivity contribution is 5.94. The van der Waals surface area contributed by atoms with Crippen LogP contribution in [0.3, 0.4) is 0 Å². The van der Waals surface area contributed by atoms with Crippen molar-refractivity contribution in [1.29, 1.82) is 0 Å². The predicted molar refractivity (Wildman–Crippen MR) is 60.1 cm³/mol. The van der Waals surface area contributed by atoms with E-state index >= 15 is 0 Å². The number of carbonyl (C=O) groups excluding carboxylic acids is 1. The Kier molecular flexibility index (Phi) is 4.02. The van der Waals surface area contributed by atoms with Crippen molar-refractivity contribution in [2.75, 3.05) is 5.32 Å². The third-order valence-electron chi connectivity index (χ3n) is 1.96. The minimum absolute atomic E-state index is 0.0676. The minimum atomic E-state index is -0.907. The Morgan fingerprint density at radius 1 is 1.50 bits per heavy atom. The monoisotopic (exact) mass is 222 g/mol. The summed E-state index contributed by atoms with van der Waals surface area (Å²) in [6.45, 7) is 1.58. The van der Waals surface area contributed by atoms with Gasteiger partial charge in [0, 0.05) is 5.69 Å². The number of anilines is 1. The molecule has 1 aromatic carbocycles. The van der Waals surface area contributed by atoms with Crippen molar-refractivity contribution in [2.24, 2.45) is 5.73 Å². The fraction of sp³-hybridized carbons (Fsp3) is 0.273. The Bertz CT molecular complexity index is 402. The van der Waals surface area contributed by atoms with Gasteiger partial charge in [-0.2, -0.15) is 0 Å². The van der Waals surface area contributed by atoms with E-state index in [4.69, 9.17) is 10.8 Å². The van der Waals surface area contributed by atoms with Gasteiger partial charge in [-0.25, -0.2) is 0 Å². The van der Waals surface area contributed by atoms with Crippen molar-refractivity contribution in [3.05, 3.63) is 29.8 Å². The molecule has 0 spiro atoms. The molecule has 0 aliphatic carbocycles. The summed E-state index contributed by atoms with van der Waals surface area (Å²) < 4.78 is 0. The third-order valence-corrected chi connectivity index (χ3v) is 1.96. The van der Waals surface area contributed by atoms with Crippen molar-refractivity contribution < 1.29 is 14.7 Å². The van der Waals surface area contributed by atoms with Crippen LogP contribution in [0.4, 0.5) is 5.69 Å². The summed E-state index contributed by atoms with van der Waals surface area (Å²) >= 11 is 0. The summed E-state index contributed by atoms with van der Waals surface area (Å²) in [5.41, 5.74) is 6.59. The first-order valence-corrected chi connectivity index (χ1v) is 4.86. The first-order chi connectivity index (χ1) is 7.49. The van der Waals surface area contributed by atoms with Crippen LogP contribution < -0.4 is 11.1 Å². The van der Waals surface area contributed by atoms with Crippen LogP contribution in [-0.2, 0) is 16.0 Å². The quantitative estimate of drug-likeness (QED) is 0.695. The first kappa shape index (κ1) is 12.2. The maximum Gasteiger partial charge on any atom is 0.307 e. The molecule has 1 aromatic rings. The molecule has 1 atom stereocenters. The van der Waals surface area contributed by atoms with Crippen molar-refractivity contribution in [1.82, 2.24) is 0 Å². The van der Waals surface area contributed by atoms with E-state index in [2.05, 4.69) is 5.32 Å². The smallest absolute Gasteiger partial charge is 0.307 e. The normalized spacial score (nSPS) is 11.9. The second-order valence-electron chi connectivity index (χ2n) is 3.55. The highest BCUT2D eigenvalue weighted by atomic mass is 16.4. The molecule has 0 fully saturated rings. The molecule has 0 aromatic heterocycles. The number of nitrogens with two attached hydrogens (primary N) is 1. The molecule has 1 rings (SSSR count). The summed E-state index contributed by atoms with van der Waals surface area (Å²) in [7, 11) is 0. The summed E-state index contributed by atoms with van der Waals surface area (Å²) in [5, 5.41) is 11.2. The maximum absolute atomic E-state index is 11.3. The molecule has 0 radical (unpaired) electrons.